The Kier molecular flexibility index (Phi) is 5.67. The van der Waals surface area contributed by atoms with Crippen LogP contribution in [0.15, 0.2) is 60.1 Å². The van der Waals surface area contributed by atoms with Gasteiger partial charge in [0.15, 0.2) is 0 Å². The van der Waals surface area contributed by atoms with Crippen LogP contribution in [0.3, 0.4) is 0 Å². The summed E-state index contributed by atoms with van der Waals surface area (Å²) in [6.07, 6.45) is 3.87. The number of thiazole rings is 1. The van der Waals surface area contributed by atoms with Crippen LogP contribution in [0.2, 0.25) is 0 Å². The third-order valence-electron chi connectivity index (χ3n) is 4.91. The summed E-state index contributed by atoms with van der Waals surface area (Å²) in [6.45, 7) is 1.79. The first kappa shape index (κ1) is 18.6. The molecule has 2 heterocycles. The van der Waals surface area contributed by atoms with Gasteiger partial charge in [-0.2, -0.15) is 0 Å². The van der Waals surface area contributed by atoms with Crippen molar-refractivity contribution in [2.45, 2.75) is 25.4 Å². The molecule has 0 saturated carbocycles. The Balaban J connectivity index is 1.41. The largest absolute Gasteiger partial charge is 0.489 e. The minimum atomic E-state index is -0.270. The molecule has 1 aliphatic heterocycles. The van der Waals surface area contributed by atoms with Crippen molar-refractivity contribution in [3.05, 3.63) is 82.1 Å². The molecule has 3 aromatic rings. The van der Waals surface area contributed by atoms with Gasteiger partial charge >= 0.3 is 0 Å². The van der Waals surface area contributed by atoms with Crippen LogP contribution in [0.1, 0.15) is 39.7 Å². The van der Waals surface area contributed by atoms with E-state index in [1.807, 2.05) is 34.7 Å². The van der Waals surface area contributed by atoms with Gasteiger partial charge < -0.3 is 9.64 Å². The first-order valence-corrected chi connectivity index (χ1v) is 10.2. The lowest BCUT2D eigenvalue weighted by molar-refractivity contribution is 0.0706. The van der Waals surface area contributed by atoms with E-state index >= 15 is 0 Å². The molecule has 28 heavy (non-hydrogen) atoms. The highest BCUT2D eigenvalue weighted by Crippen LogP contribution is 2.29. The van der Waals surface area contributed by atoms with Crippen molar-refractivity contribution in [3.63, 3.8) is 0 Å². The molecule has 4 rings (SSSR count). The van der Waals surface area contributed by atoms with Gasteiger partial charge in [-0.3, -0.25) is 4.79 Å². The molecule has 0 N–H and O–H groups in total. The van der Waals surface area contributed by atoms with Gasteiger partial charge in [-0.1, -0.05) is 18.2 Å². The van der Waals surface area contributed by atoms with Crippen LogP contribution in [0, 0.1) is 5.82 Å². The molecule has 4 nitrogen and oxygen atoms in total. The number of benzene rings is 2. The molecule has 6 heteroatoms. The highest BCUT2D eigenvalue weighted by molar-refractivity contribution is 7.09. The number of carbonyl (C=O) groups excluding carboxylic acids is 1. The molecule has 0 spiro atoms. The summed E-state index contributed by atoms with van der Waals surface area (Å²) in [5, 5.41) is 3.09. The SMILES string of the molecule is O=C(c1cccc(OCc2ccc(F)cc2)c1)N1CCC[C@@H](c2nccs2)C1. The lowest BCUT2D eigenvalue weighted by Gasteiger charge is -2.32. The summed E-state index contributed by atoms with van der Waals surface area (Å²) >= 11 is 1.65. The summed E-state index contributed by atoms with van der Waals surface area (Å²) in [5.41, 5.74) is 1.50. The van der Waals surface area contributed by atoms with Crippen LogP contribution in [-0.4, -0.2) is 28.9 Å². The lowest BCUT2D eigenvalue weighted by atomic mass is 9.98. The normalized spacial score (nSPS) is 16.8. The number of hydrogen-bond donors (Lipinski definition) is 0. The number of hydrogen-bond acceptors (Lipinski definition) is 4. The van der Waals surface area contributed by atoms with Crippen LogP contribution < -0.4 is 4.74 Å². The summed E-state index contributed by atoms with van der Waals surface area (Å²) in [7, 11) is 0. The van der Waals surface area contributed by atoms with Crippen LogP contribution in [0.5, 0.6) is 5.75 Å². The lowest BCUT2D eigenvalue weighted by Crippen LogP contribution is -2.39. The van der Waals surface area contributed by atoms with E-state index in [0.717, 1.165) is 30.0 Å². The van der Waals surface area contributed by atoms with Crippen molar-refractivity contribution < 1.29 is 13.9 Å². The minimum Gasteiger partial charge on any atom is -0.489 e. The molecule has 0 radical (unpaired) electrons. The number of rotatable bonds is 5. The van der Waals surface area contributed by atoms with E-state index in [9.17, 15) is 9.18 Å². The molecule has 2 aromatic carbocycles. The highest BCUT2D eigenvalue weighted by Gasteiger charge is 2.27. The van der Waals surface area contributed by atoms with Gasteiger partial charge in [0, 0.05) is 36.1 Å². The van der Waals surface area contributed by atoms with E-state index in [0.29, 0.717) is 30.4 Å². The van der Waals surface area contributed by atoms with E-state index in [4.69, 9.17) is 4.74 Å². The Morgan fingerprint density at radius 2 is 2.11 bits per heavy atom. The third kappa shape index (κ3) is 4.39. The fourth-order valence-corrected chi connectivity index (χ4v) is 4.22. The highest BCUT2D eigenvalue weighted by atomic mass is 32.1. The van der Waals surface area contributed by atoms with Crippen molar-refractivity contribution in [2.75, 3.05) is 13.1 Å². The van der Waals surface area contributed by atoms with Crippen LogP contribution in [0.25, 0.3) is 0 Å². The predicted molar refractivity (Wildman–Crippen MR) is 107 cm³/mol. The molecule has 1 fully saturated rings. The zero-order valence-corrected chi connectivity index (χ0v) is 16.2. The summed E-state index contributed by atoms with van der Waals surface area (Å²) in [5.74, 6) is 0.696. The molecule has 0 bridgehead atoms. The molecular formula is C22H21FN2O2S. The smallest absolute Gasteiger partial charge is 0.254 e. The van der Waals surface area contributed by atoms with E-state index in [1.165, 1.54) is 12.1 Å². The number of aromatic nitrogens is 1. The van der Waals surface area contributed by atoms with Crippen molar-refractivity contribution >= 4 is 17.2 Å². The number of ether oxygens (including phenoxy) is 1. The maximum absolute atomic E-state index is 13.0. The summed E-state index contributed by atoms with van der Waals surface area (Å²) in [6, 6.07) is 13.5. The number of amides is 1. The Morgan fingerprint density at radius 1 is 1.25 bits per heavy atom. The van der Waals surface area contributed by atoms with Crippen molar-refractivity contribution in [2.24, 2.45) is 0 Å². The molecule has 1 saturated heterocycles. The quantitative estimate of drug-likeness (QED) is 0.617. The second-order valence-corrected chi connectivity index (χ2v) is 7.83. The van der Waals surface area contributed by atoms with Gasteiger partial charge in [0.25, 0.3) is 5.91 Å². The Morgan fingerprint density at radius 3 is 2.89 bits per heavy atom. The minimum absolute atomic E-state index is 0.0217. The van der Waals surface area contributed by atoms with E-state index < -0.39 is 0 Å². The van der Waals surface area contributed by atoms with Gasteiger partial charge in [-0.05, 0) is 48.7 Å². The van der Waals surface area contributed by atoms with Crippen molar-refractivity contribution in [1.29, 1.82) is 0 Å². The predicted octanol–water partition coefficient (Wildman–Crippen LogP) is 4.88. The third-order valence-corrected chi connectivity index (χ3v) is 5.85. The standard InChI is InChI=1S/C22H21FN2O2S/c23-19-8-6-16(7-9-19)15-27-20-5-1-3-17(13-20)22(26)25-11-2-4-18(14-25)21-24-10-12-28-21/h1,3,5-10,12-13,18H,2,4,11,14-15H2/t18-/m1/s1. The first-order chi connectivity index (χ1) is 13.7. The van der Waals surface area contributed by atoms with E-state index in [-0.39, 0.29) is 11.7 Å². The zero-order chi connectivity index (χ0) is 19.3. The average Bonchev–Trinajstić information content (AvgIpc) is 3.28. The van der Waals surface area contributed by atoms with Gasteiger partial charge in [0.05, 0.1) is 5.01 Å². The maximum atomic E-state index is 13.0. The second-order valence-electron chi connectivity index (χ2n) is 6.90. The van der Waals surface area contributed by atoms with Gasteiger partial charge in [0.2, 0.25) is 0 Å². The fraction of sp³-hybridized carbons (Fsp3) is 0.273. The zero-order valence-electron chi connectivity index (χ0n) is 15.4. The van der Waals surface area contributed by atoms with Gasteiger partial charge in [-0.25, -0.2) is 9.37 Å². The topological polar surface area (TPSA) is 42.4 Å². The van der Waals surface area contributed by atoms with E-state index in [1.54, 1.807) is 29.5 Å². The van der Waals surface area contributed by atoms with Crippen LogP contribution in [-0.2, 0) is 6.61 Å². The fourth-order valence-electron chi connectivity index (χ4n) is 3.45. The Bertz CT molecular complexity index is 928. The summed E-state index contributed by atoms with van der Waals surface area (Å²) < 4.78 is 18.8. The average molecular weight is 396 g/mol. The molecule has 0 unspecified atom stereocenters. The number of halogens is 1. The number of nitrogens with zero attached hydrogens (tertiary/aromatic N) is 2. The second kappa shape index (κ2) is 8.52. The van der Waals surface area contributed by atoms with Crippen LogP contribution >= 0.6 is 11.3 Å². The molecule has 144 valence electrons. The molecular weight excluding hydrogens is 375 g/mol. The molecule has 1 aliphatic rings. The Labute approximate surface area is 167 Å². The maximum Gasteiger partial charge on any atom is 0.254 e. The monoisotopic (exact) mass is 396 g/mol. The Hall–Kier alpha value is -2.73. The van der Waals surface area contributed by atoms with Crippen molar-refractivity contribution in [1.82, 2.24) is 9.88 Å². The molecule has 1 amide bonds. The van der Waals surface area contributed by atoms with Crippen molar-refractivity contribution in [3.8, 4) is 5.75 Å². The summed E-state index contributed by atoms with van der Waals surface area (Å²) in [4.78, 5) is 19.3. The molecule has 1 atom stereocenters. The number of carbonyl (C=O) groups is 1. The van der Waals surface area contributed by atoms with E-state index in [2.05, 4.69) is 4.98 Å². The van der Waals surface area contributed by atoms with Gasteiger partial charge in [-0.15, -0.1) is 11.3 Å². The van der Waals surface area contributed by atoms with Gasteiger partial charge in [0.1, 0.15) is 18.2 Å². The number of likely N-dealkylation sites (tertiary alicyclic amines) is 1. The van der Waals surface area contributed by atoms with Crippen LogP contribution in [0.4, 0.5) is 4.39 Å². The molecule has 1 aromatic heterocycles. The molecule has 0 aliphatic carbocycles. The number of piperidine rings is 1. The first-order valence-electron chi connectivity index (χ1n) is 9.35.